The first-order chi connectivity index (χ1) is 7.58. The van der Waals surface area contributed by atoms with Crippen molar-refractivity contribution >= 4 is 26.9 Å². The Morgan fingerprint density at radius 2 is 2.12 bits per heavy atom. The zero-order chi connectivity index (χ0) is 11.6. The van der Waals surface area contributed by atoms with Crippen LogP contribution in [-0.4, -0.2) is 48.3 Å². The average Bonchev–Trinajstić information content (AvgIpc) is 2.64. The van der Waals surface area contributed by atoms with Gasteiger partial charge in [0.15, 0.2) is 0 Å². The van der Waals surface area contributed by atoms with E-state index in [4.69, 9.17) is 0 Å². The van der Waals surface area contributed by atoms with Crippen LogP contribution in [0.25, 0.3) is 0 Å². The molecule has 1 fully saturated rings. The summed E-state index contributed by atoms with van der Waals surface area (Å²) < 4.78 is 31.5. The molecule has 1 aromatic heterocycles. The summed E-state index contributed by atoms with van der Waals surface area (Å²) in [5.74, 6) is 0.572. The minimum Gasteiger partial charge on any atom is -0.314 e. The minimum absolute atomic E-state index is 0.316. The van der Waals surface area contributed by atoms with Gasteiger partial charge in [-0.25, -0.2) is 9.71 Å². The van der Waals surface area contributed by atoms with Crippen LogP contribution >= 0.6 is 11.5 Å². The molecule has 7 nitrogen and oxygen atoms in total. The molecular formula is C7H13N5O2S2. The van der Waals surface area contributed by atoms with Crippen molar-refractivity contribution in [1.82, 2.24) is 19.0 Å². The highest BCUT2D eigenvalue weighted by molar-refractivity contribution is 7.90. The molecule has 0 aliphatic carbocycles. The minimum atomic E-state index is -3.47. The molecular weight excluding hydrogens is 250 g/mol. The van der Waals surface area contributed by atoms with Gasteiger partial charge in [-0.2, -0.15) is 17.1 Å². The Kier molecular flexibility index (Phi) is 3.38. The highest BCUT2D eigenvalue weighted by Gasteiger charge is 2.24. The maximum atomic E-state index is 11.9. The van der Waals surface area contributed by atoms with E-state index in [1.807, 2.05) is 0 Å². The average molecular weight is 263 g/mol. The van der Waals surface area contributed by atoms with Crippen molar-refractivity contribution in [2.45, 2.75) is 6.92 Å². The summed E-state index contributed by atoms with van der Waals surface area (Å²) in [7, 11) is -3.47. The molecule has 0 atom stereocenters. The van der Waals surface area contributed by atoms with Crippen LogP contribution in [0.4, 0.5) is 5.13 Å². The molecule has 90 valence electrons. The fourth-order valence-electron chi connectivity index (χ4n) is 1.40. The van der Waals surface area contributed by atoms with Crippen molar-refractivity contribution in [3.63, 3.8) is 0 Å². The lowest BCUT2D eigenvalue weighted by Crippen LogP contribution is -2.48. The van der Waals surface area contributed by atoms with E-state index < -0.39 is 10.2 Å². The van der Waals surface area contributed by atoms with Crippen molar-refractivity contribution in [2.75, 3.05) is 30.9 Å². The molecule has 1 aromatic rings. The highest BCUT2D eigenvalue weighted by atomic mass is 32.2. The van der Waals surface area contributed by atoms with Crippen molar-refractivity contribution in [1.29, 1.82) is 0 Å². The van der Waals surface area contributed by atoms with Crippen LogP contribution in [-0.2, 0) is 10.2 Å². The Bertz CT molecular complexity index is 451. The number of rotatable bonds is 3. The van der Waals surface area contributed by atoms with E-state index >= 15 is 0 Å². The van der Waals surface area contributed by atoms with E-state index in [2.05, 4.69) is 19.4 Å². The van der Waals surface area contributed by atoms with Gasteiger partial charge in [-0.05, 0) is 6.92 Å². The lowest BCUT2D eigenvalue weighted by molar-refractivity contribution is 0.362. The molecule has 16 heavy (non-hydrogen) atoms. The molecule has 0 spiro atoms. The number of piperazine rings is 1. The Morgan fingerprint density at radius 1 is 1.44 bits per heavy atom. The van der Waals surface area contributed by atoms with E-state index in [-0.39, 0.29) is 0 Å². The summed E-state index contributed by atoms with van der Waals surface area (Å²) in [6.07, 6.45) is 0. The van der Waals surface area contributed by atoms with Gasteiger partial charge in [-0.15, -0.1) is 0 Å². The number of nitrogens with zero attached hydrogens (tertiary/aromatic N) is 3. The van der Waals surface area contributed by atoms with Gasteiger partial charge in [0.2, 0.25) is 5.13 Å². The Morgan fingerprint density at radius 3 is 2.69 bits per heavy atom. The second kappa shape index (κ2) is 4.62. The molecule has 0 saturated carbocycles. The monoisotopic (exact) mass is 263 g/mol. The summed E-state index contributed by atoms with van der Waals surface area (Å²) in [6.45, 7) is 4.03. The van der Waals surface area contributed by atoms with E-state index in [1.165, 1.54) is 4.31 Å². The summed E-state index contributed by atoms with van der Waals surface area (Å²) in [5.41, 5.74) is 0. The maximum Gasteiger partial charge on any atom is 0.303 e. The van der Waals surface area contributed by atoms with Gasteiger partial charge < -0.3 is 5.32 Å². The largest absolute Gasteiger partial charge is 0.314 e. The zero-order valence-electron chi connectivity index (χ0n) is 8.80. The molecule has 0 amide bonds. The molecule has 2 N–H and O–H groups in total. The van der Waals surface area contributed by atoms with Crippen LogP contribution in [0, 0.1) is 6.92 Å². The topological polar surface area (TPSA) is 87.2 Å². The molecule has 0 radical (unpaired) electrons. The smallest absolute Gasteiger partial charge is 0.303 e. The van der Waals surface area contributed by atoms with Gasteiger partial charge in [0.1, 0.15) is 5.82 Å². The van der Waals surface area contributed by atoms with Crippen LogP contribution in [0.15, 0.2) is 0 Å². The predicted octanol–water partition coefficient (Wildman–Crippen LogP) is -0.592. The summed E-state index contributed by atoms with van der Waals surface area (Å²) >= 11 is 1.05. The standard InChI is InChI=1S/C7H13N5O2S2/c1-6-9-7(15-10-6)11-16(13,14)12-4-2-8-3-5-12/h8H,2-5H2,1H3,(H,9,10,11). The summed E-state index contributed by atoms with van der Waals surface area (Å²) in [4.78, 5) is 3.97. The molecule has 0 unspecified atom stereocenters. The van der Waals surface area contributed by atoms with E-state index in [9.17, 15) is 8.42 Å². The van der Waals surface area contributed by atoms with Crippen LogP contribution in [0.2, 0.25) is 0 Å². The Balaban J connectivity index is 2.07. The quantitative estimate of drug-likeness (QED) is 0.761. The Hall–Kier alpha value is -0.770. The SMILES string of the molecule is Cc1nsc(NS(=O)(=O)N2CCNCC2)n1. The summed E-state index contributed by atoms with van der Waals surface area (Å²) in [6, 6.07) is 0. The third-order valence-corrected chi connectivity index (χ3v) is 4.51. The van der Waals surface area contributed by atoms with E-state index in [1.54, 1.807) is 6.92 Å². The van der Waals surface area contributed by atoms with Gasteiger partial charge in [0.05, 0.1) is 0 Å². The number of hydrogen-bond donors (Lipinski definition) is 2. The normalized spacial score (nSPS) is 18.6. The number of hydrogen-bond acceptors (Lipinski definition) is 6. The zero-order valence-corrected chi connectivity index (χ0v) is 10.4. The van der Waals surface area contributed by atoms with Crippen molar-refractivity contribution < 1.29 is 8.42 Å². The maximum absolute atomic E-state index is 11.9. The van der Waals surface area contributed by atoms with Crippen molar-refractivity contribution in [2.24, 2.45) is 0 Å². The first-order valence-corrected chi connectivity index (χ1v) is 7.08. The number of aromatic nitrogens is 2. The third-order valence-electron chi connectivity index (χ3n) is 2.16. The lowest BCUT2D eigenvalue weighted by Gasteiger charge is -2.26. The van der Waals surface area contributed by atoms with Gasteiger partial charge in [0.25, 0.3) is 0 Å². The molecule has 9 heteroatoms. The molecule has 1 saturated heterocycles. The van der Waals surface area contributed by atoms with E-state index in [0.717, 1.165) is 11.5 Å². The number of anilines is 1. The molecule has 1 aliphatic heterocycles. The second-order valence-corrected chi connectivity index (χ2v) is 5.83. The van der Waals surface area contributed by atoms with Crippen molar-refractivity contribution in [3.8, 4) is 0 Å². The fourth-order valence-corrected chi connectivity index (χ4v) is 3.35. The van der Waals surface area contributed by atoms with Gasteiger partial charge >= 0.3 is 10.2 Å². The third kappa shape index (κ3) is 2.67. The molecule has 2 rings (SSSR count). The molecule has 1 aliphatic rings. The first-order valence-electron chi connectivity index (χ1n) is 4.87. The highest BCUT2D eigenvalue weighted by Crippen LogP contribution is 2.14. The van der Waals surface area contributed by atoms with E-state index in [0.29, 0.717) is 37.1 Å². The molecule has 2 heterocycles. The number of nitrogens with one attached hydrogen (secondary N) is 2. The van der Waals surface area contributed by atoms with Gasteiger partial charge in [0, 0.05) is 37.7 Å². The summed E-state index contributed by atoms with van der Waals surface area (Å²) in [5, 5.41) is 3.41. The van der Waals surface area contributed by atoms with Crippen LogP contribution in [0.1, 0.15) is 5.82 Å². The first kappa shape index (κ1) is 11.7. The lowest BCUT2D eigenvalue weighted by atomic mass is 10.4. The van der Waals surface area contributed by atoms with Crippen molar-refractivity contribution in [3.05, 3.63) is 5.82 Å². The van der Waals surface area contributed by atoms with Gasteiger partial charge in [-0.1, -0.05) is 0 Å². The van der Waals surface area contributed by atoms with Crippen LogP contribution in [0.5, 0.6) is 0 Å². The predicted molar refractivity (Wildman–Crippen MR) is 61.6 cm³/mol. The molecule has 0 bridgehead atoms. The fraction of sp³-hybridized carbons (Fsp3) is 0.714. The Labute approximate surface area is 98.2 Å². The number of aryl methyl sites for hydroxylation is 1. The van der Waals surface area contributed by atoms with Crippen LogP contribution in [0.3, 0.4) is 0 Å². The van der Waals surface area contributed by atoms with Crippen LogP contribution < -0.4 is 10.0 Å². The molecule has 0 aromatic carbocycles. The second-order valence-electron chi connectivity index (χ2n) is 3.40. The van der Waals surface area contributed by atoms with Gasteiger partial charge in [-0.3, -0.25) is 0 Å².